The minimum absolute atomic E-state index is 0.00263. The van der Waals surface area contributed by atoms with Crippen molar-refractivity contribution in [3.05, 3.63) is 131 Å². The standard InChI is InChI=1S/C61H76N18O13/c1-89-47-19-15-33(27-38(47)51(63)80)76-58(87)46(26-32-31-72-43-12-6-5-10-37(32)43)79-54(83)41-30-36(18-22-50(41)92-4)75-57(86)45(14-9-24-70-60(66)67)78-53(82)40-29-35(17-21-49(40)91-3)74-56(85)44(13-8-23-69-59(64)65)77-52(81)39-28-34(16-20-48(39)90-2)73-55(84)42(62)11-7-25-71-61(68)88/h5-6,10,12,15-22,27-31,42,44-46,72H,7-9,11,13-14,23-26,62H2,1-4H3,(H2,63,80)(H,73,84)(H,74,85)(H,75,86)(H,76,87)(H,77,81)(H,78,82)(H,79,83)(H4,64,65,69)(H4,66,67,70)(H3,68,71,88)/t42-,44-,45-,46-/m1/s1. The molecule has 1 heterocycles. The van der Waals surface area contributed by atoms with Gasteiger partial charge in [0.15, 0.2) is 11.9 Å². The Hall–Kier alpha value is -11.6. The molecule has 5 aromatic carbocycles. The number of ether oxygens (including phenoxy) is 4. The van der Waals surface area contributed by atoms with Gasteiger partial charge in [-0.2, -0.15) is 0 Å². The molecule has 0 radical (unpaired) electrons. The molecule has 1 aromatic heterocycles. The van der Waals surface area contributed by atoms with Gasteiger partial charge < -0.3 is 106 Å². The number of methoxy groups -OCH3 is 4. The fourth-order valence-corrected chi connectivity index (χ4v) is 9.49. The van der Waals surface area contributed by atoms with Gasteiger partial charge in [-0.15, -0.1) is 0 Å². The average molecular weight is 1270 g/mol. The zero-order valence-corrected chi connectivity index (χ0v) is 50.9. The molecular formula is C61H76N18O13. The molecule has 0 aliphatic carbocycles. The van der Waals surface area contributed by atoms with Crippen LogP contribution in [0.4, 0.5) is 27.5 Å². The Morgan fingerprint density at radius 2 is 0.837 bits per heavy atom. The topological polar surface area (TPSA) is 504 Å². The summed E-state index contributed by atoms with van der Waals surface area (Å²) in [6.07, 6.45) is 2.61. The Balaban J connectivity index is 1.22. The van der Waals surface area contributed by atoms with Crippen LogP contribution in [0.25, 0.3) is 10.9 Å². The van der Waals surface area contributed by atoms with Crippen molar-refractivity contribution in [1.29, 1.82) is 10.8 Å². The lowest BCUT2D eigenvalue weighted by molar-refractivity contribution is -0.118. The first-order valence-electron chi connectivity index (χ1n) is 28.7. The lowest BCUT2D eigenvalue weighted by Gasteiger charge is -2.22. The van der Waals surface area contributed by atoms with E-state index in [0.29, 0.717) is 12.0 Å². The number of primary amides is 2. The van der Waals surface area contributed by atoms with Crippen molar-refractivity contribution in [2.45, 2.75) is 69.1 Å². The van der Waals surface area contributed by atoms with E-state index in [9.17, 15) is 43.2 Å². The van der Waals surface area contributed by atoms with E-state index in [1.54, 1.807) is 6.20 Å². The molecule has 488 valence electrons. The van der Waals surface area contributed by atoms with Crippen molar-refractivity contribution in [2.24, 2.45) is 28.7 Å². The highest BCUT2D eigenvalue weighted by molar-refractivity contribution is 6.08. The Labute approximate surface area is 528 Å². The Morgan fingerprint density at radius 3 is 1.25 bits per heavy atom. The van der Waals surface area contributed by atoms with Crippen molar-refractivity contribution in [3.8, 4) is 23.0 Å². The molecule has 0 spiro atoms. The van der Waals surface area contributed by atoms with Crippen molar-refractivity contribution < 1.29 is 62.1 Å². The number of amides is 10. The maximum Gasteiger partial charge on any atom is 0.312 e. The number of hydrogen-bond donors (Lipinski definition) is 18. The molecule has 4 atom stereocenters. The molecule has 23 N–H and O–H groups in total. The van der Waals surface area contributed by atoms with Crippen LogP contribution in [-0.2, 0) is 25.6 Å². The minimum atomic E-state index is -1.32. The Kier molecular flexibility index (Phi) is 25.4. The number of para-hydroxylation sites is 1. The molecule has 0 bridgehead atoms. The number of aromatic nitrogens is 1. The van der Waals surface area contributed by atoms with Gasteiger partial charge in [-0.25, -0.2) is 4.79 Å². The number of carbonyl (C=O) groups excluding carboxylic acids is 9. The Bertz CT molecular complexity index is 3710. The van der Waals surface area contributed by atoms with Gasteiger partial charge >= 0.3 is 6.03 Å². The van der Waals surface area contributed by atoms with Crippen LogP contribution in [-0.4, -0.2) is 142 Å². The maximum atomic E-state index is 14.5. The average Bonchev–Trinajstić information content (AvgIpc) is 1.34. The molecule has 6 rings (SSSR count). The molecule has 0 saturated heterocycles. The molecule has 0 fully saturated rings. The summed E-state index contributed by atoms with van der Waals surface area (Å²) in [5.74, 6) is -6.28. The predicted molar refractivity (Wildman–Crippen MR) is 344 cm³/mol. The van der Waals surface area contributed by atoms with Crippen LogP contribution >= 0.6 is 0 Å². The van der Waals surface area contributed by atoms with Gasteiger partial charge in [0.25, 0.3) is 23.6 Å². The first-order valence-corrected chi connectivity index (χ1v) is 28.7. The number of urea groups is 1. The normalized spacial score (nSPS) is 12.0. The number of benzene rings is 5. The first kappa shape index (κ1) is 69.5. The monoisotopic (exact) mass is 1270 g/mol. The van der Waals surface area contributed by atoms with Crippen LogP contribution in [0.5, 0.6) is 23.0 Å². The van der Waals surface area contributed by atoms with E-state index in [1.807, 2.05) is 24.3 Å². The van der Waals surface area contributed by atoms with Crippen LogP contribution in [0.1, 0.15) is 85.5 Å². The van der Waals surface area contributed by atoms with Crippen LogP contribution in [0.2, 0.25) is 0 Å². The van der Waals surface area contributed by atoms with Crippen LogP contribution in [0.15, 0.2) is 103 Å². The van der Waals surface area contributed by atoms with E-state index in [1.165, 1.54) is 101 Å². The Morgan fingerprint density at radius 1 is 0.467 bits per heavy atom. The van der Waals surface area contributed by atoms with Gasteiger partial charge in [0.1, 0.15) is 41.1 Å². The fraction of sp³-hybridized carbons (Fsp3) is 0.295. The maximum absolute atomic E-state index is 14.5. The van der Waals surface area contributed by atoms with Gasteiger partial charge in [-0.1, -0.05) is 18.2 Å². The summed E-state index contributed by atoms with van der Waals surface area (Å²) in [4.78, 5) is 125. The molecule has 31 nitrogen and oxygen atoms in total. The molecule has 0 aliphatic heterocycles. The summed E-state index contributed by atoms with van der Waals surface area (Å²) >= 11 is 0. The second kappa shape index (κ2) is 33.6. The number of fused-ring (bicyclic) bond motifs is 1. The summed E-state index contributed by atoms with van der Waals surface area (Å²) in [6.45, 7) is 0.464. The van der Waals surface area contributed by atoms with Gasteiger partial charge in [-0.05, 0) is 123 Å². The highest BCUT2D eigenvalue weighted by atomic mass is 16.5. The molecule has 0 saturated carbocycles. The van der Waals surface area contributed by atoms with Crippen LogP contribution in [0.3, 0.4) is 0 Å². The zero-order chi connectivity index (χ0) is 67.0. The number of anilines is 4. The van der Waals surface area contributed by atoms with Crippen molar-refractivity contribution in [1.82, 2.24) is 36.9 Å². The number of rotatable bonds is 33. The third-order valence-corrected chi connectivity index (χ3v) is 14.1. The van der Waals surface area contributed by atoms with E-state index in [0.717, 1.165) is 10.9 Å². The van der Waals surface area contributed by atoms with Crippen molar-refractivity contribution in [3.63, 3.8) is 0 Å². The quantitative estimate of drug-likeness (QED) is 0.0159. The van der Waals surface area contributed by atoms with Gasteiger partial charge in [-0.3, -0.25) is 49.2 Å². The SMILES string of the molecule is COc1ccc(NC(=O)[C@@H](Cc2c[nH]c3ccccc23)NC(=O)c2cc(NC(=O)[C@@H](CCCNC(=N)N)NC(=O)c3cc(NC(=O)[C@@H](CCCNC(=N)N)NC(=O)c4cc(NC(=O)[C@H](N)CCCNC(N)=O)ccc4OC)ccc3OC)ccc2OC)cc1C(N)=O. The first-order chi connectivity index (χ1) is 44.0. The summed E-state index contributed by atoms with van der Waals surface area (Å²) in [7, 11) is 5.31. The number of carbonyl (C=O) groups is 9. The fourth-order valence-electron chi connectivity index (χ4n) is 9.49. The summed E-state index contributed by atoms with van der Waals surface area (Å²) in [5.41, 5.74) is 29.4. The van der Waals surface area contributed by atoms with E-state index in [2.05, 4.69) is 58.2 Å². The van der Waals surface area contributed by atoms with Gasteiger partial charge in [0, 0.05) is 65.9 Å². The minimum Gasteiger partial charge on any atom is -0.496 e. The largest absolute Gasteiger partial charge is 0.496 e. The second-order valence-corrected chi connectivity index (χ2v) is 20.6. The number of nitrogens with two attached hydrogens (primary N) is 5. The van der Waals surface area contributed by atoms with E-state index in [-0.39, 0.29) is 138 Å². The van der Waals surface area contributed by atoms with E-state index < -0.39 is 77.5 Å². The summed E-state index contributed by atoms with van der Waals surface area (Å²) in [5, 5.41) is 42.9. The molecule has 10 amide bonds. The lowest BCUT2D eigenvalue weighted by atomic mass is 10.0. The highest BCUT2D eigenvalue weighted by Crippen LogP contribution is 2.29. The molecule has 0 aliphatic rings. The third kappa shape index (κ3) is 19.9. The summed E-state index contributed by atoms with van der Waals surface area (Å²) in [6, 6.07) is 18.7. The molecular weight excluding hydrogens is 1190 g/mol. The smallest absolute Gasteiger partial charge is 0.312 e. The highest BCUT2D eigenvalue weighted by Gasteiger charge is 2.30. The zero-order valence-electron chi connectivity index (χ0n) is 50.9. The second-order valence-electron chi connectivity index (χ2n) is 20.6. The number of hydrogen-bond acceptors (Lipinski definition) is 16. The van der Waals surface area contributed by atoms with Crippen LogP contribution in [0, 0.1) is 10.8 Å². The predicted octanol–water partition coefficient (Wildman–Crippen LogP) is 2.00. The molecule has 31 heteroatoms. The van der Waals surface area contributed by atoms with E-state index in [4.69, 9.17) is 58.4 Å². The molecule has 0 unspecified atom stereocenters. The number of aromatic amines is 1. The third-order valence-electron chi connectivity index (χ3n) is 14.1. The number of nitrogens with one attached hydrogen (secondary N) is 13. The van der Waals surface area contributed by atoms with Crippen molar-refractivity contribution in [2.75, 3.05) is 69.3 Å². The van der Waals surface area contributed by atoms with E-state index >= 15 is 0 Å². The number of H-pyrrole nitrogens is 1. The van der Waals surface area contributed by atoms with Crippen LogP contribution < -0.4 is 101 Å². The van der Waals surface area contributed by atoms with Gasteiger partial charge in [0.05, 0.1) is 56.7 Å². The number of guanidine groups is 2. The van der Waals surface area contributed by atoms with Gasteiger partial charge in [0.2, 0.25) is 23.6 Å². The summed E-state index contributed by atoms with van der Waals surface area (Å²) < 4.78 is 21.8. The lowest BCUT2D eigenvalue weighted by Crippen LogP contribution is -2.45. The molecule has 92 heavy (non-hydrogen) atoms. The van der Waals surface area contributed by atoms with Crippen molar-refractivity contribution >= 4 is 98.9 Å². The molecule has 6 aromatic rings.